The lowest BCUT2D eigenvalue weighted by Gasteiger charge is -2.38. The van der Waals surface area contributed by atoms with Gasteiger partial charge in [0.25, 0.3) is 5.91 Å². The van der Waals surface area contributed by atoms with E-state index in [4.69, 9.17) is 4.74 Å². The normalized spacial score (nSPS) is 30.6. The predicted molar refractivity (Wildman–Crippen MR) is 64.0 cm³/mol. The quantitative estimate of drug-likeness (QED) is 0.768. The van der Waals surface area contributed by atoms with E-state index in [-0.39, 0.29) is 6.54 Å². The van der Waals surface area contributed by atoms with Crippen LogP contribution in [0.5, 0.6) is 0 Å². The van der Waals surface area contributed by atoms with Crippen LogP contribution < -0.4 is 5.32 Å². The number of amides is 1. The van der Waals surface area contributed by atoms with Crippen molar-refractivity contribution < 1.29 is 27.8 Å². The van der Waals surface area contributed by atoms with Crippen LogP contribution in [-0.4, -0.2) is 66.6 Å². The molecule has 20 heavy (non-hydrogen) atoms. The maximum absolute atomic E-state index is 12.8. The van der Waals surface area contributed by atoms with E-state index < -0.39 is 36.3 Å². The minimum atomic E-state index is -4.73. The molecule has 2 rings (SSSR count). The summed E-state index contributed by atoms with van der Waals surface area (Å²) < 4.78 is 43.6. The Kier molecular flexibility index (Phi) is 4.01. The van der Waals surface area contributed by atoms with E-state index in [1.54, 1.807) is 0 Å². The average Bonchev–Trinajstić information content (AvgIpc) is 2.82. The molecule has 1 unspecified atom stereocenters. The Morgan fingerprint density at radius 1 is 1.30 bits per heavy atom. The zero-order valence-corrected chi connectivity index (χ0v) is 11.3. The van der Waals surface area contributed by atoms with Crippen molar-refractivity contribution in [1.82, 2.24) is 10.2 Å². The standard InChI is InChI=1S/C12H19F3N2O3/c1-20-10(2-5-16-6-3-10)9(18)17-7-4-11(19,8-17)12(13,14)15/h16,19H,2-8H2,1H3. The summed E-state index contributed by atoms with van der Waals surface area (Å²) in [5, 5.41) is 12.7. The van der Waals surface area contributed by atoms with Gasteiger partial charge in [-0.2, -0.15) is 13.2 Å². The third-order valence-corrected chi connectivity index (χ3v) is 4.25. The number of carbonyl (C=O) groups is 1. The molecular formula is C12H19F3N2O3. The van der Waals surface area contributed by atoms with Gasteiger partial charge in [0.1, 0.15) is 5.60 Å². The van der Waals surface area contributed by atoms with Crippen LogP contribution in [0, 0.1) is 0 Å². The fourth-order valence-corrected chi connectivity index (χ4v) is 2.82. The number of nitrogens with one attached hydrogen (secondary N) is 1. The van der Waals surface area contributed by atoms with E-state index in [0.29, 0.717) is 25.9 Å². The van der Waals surface area contributed by atoms with E-state index in [0.717, 1.165) is 4.90 Å². The number of carbonyl (C=O) groups excluding carboxylic acids is 1. The smallest absolute Gasteiger partial charge is 0.379 e. The highest BCUT2D eigenvalue weighted by atomic mass is 19.4. The van der Waals surface area contributed by atoms with Crippen molar-refractivity contribution in [3.8, 4) is 0 Å². The molecule has 116 valence electrons. The first kappa shape index (κ1) is 15.5. The van der Waals surface area contributed by atoms with E-state index >= 15 is 0 Å². The van der Waals surface area contributed by atoms with Crippen LogP contribution in [0.4, 0.5) is 13.2 Å². The van der Waals surface area contributed by atoms with E-state index in [2.05, 4.69) is 5.32 Å². The summed E-state index contributed by atoms with van der Waals surface area (Å²) in [6.45, 7) is 0.342. The van der Waals surface area contributed by atoms with Crippen molar-refractivity contribution in [2.24, 2.45) is 0 Å². The highest BCUT2D eigenvalue weighted by Crippen LogP contribution is 2.39. The Balaban J connectivity index is 2.11. The molecule has 1 amide bonds. The predicted octanol–water partition coefficient (Wildman–Crippen LogP) is 0.281. The van der Waals surface area contributed by atoms with Gasteiger partial charge in [0, 0.05) is 20.1 Å². The van der Waals surface area contributed by atoms with Gasteiger partial charge in [-0.15, -0.1) is 0 Å². The number of likely N-dealkylation sites (tertiary alicyclic amines) is 1. The second-order valence-electron chi connectivity index (χ2n) is 5.45. The minimum absolute atomic E-state index is 0.104. The first-order chi connectivity index (χ1) is 9.24. The van der Waals surface area contributed by atoms with Crippen molar-refractivity contribution in [1.29, 1.82) is 0 Å². The summed E-state index contributed by atoms with van der Waals surface area (Å²) in [6.07, 6.45) is -4.37. The Labute approximate surface area is 115 Å². The average molecular weight is 296 g/mol. The Hall–Kier alpha value is -0.860. The van der Waals surface area contributed by atoms with Crippen molar-refractivity contribution >= 4 is 5.91 Å². The van der Waals surface area contributed by atoms with Crippen LogP contribution in [0.1, 0.15) is 19.3 Å². The topological polar surface area (TPSA) is 61.8 Å². The lowest BCUT2D eigenvalue weighted by Crippen LogP contribution is -2.56. The summed E-state index contributed by atoms with van der Waals surface area (Å²) in [5.74, 6) is -0.457. The molecule has 8 heteroatoms. The molecule has 0 aromatic rings. The van der Waals surface area contributed by atoms with Gasteiger partial charge in [-0.05, 0) is 25.9 Å². The number of methoxy groups -OCH3 is 1. The maximum Gasteiger partial charge on any atom is 0.419 e. The van der Waals surface area contributed by atoms with Crippen LogP contribution in [-0.2, 0) is 9.53 Å². The molecular weight excluding hydrogens is 277 g/mol. The van der Waals surface area contributed by atoms with Crippen LogP contribution in [0.2, 0.25) is 0 Å². The van der Waals surface area contributed by atoms with Crippen molar-refractivity contribution in [3.63, 3.8) is 0 Å². The van der Waals surface area contributed by atoms with Gasteiger partial charge in [0.15, 0.2) is 5.60 Å². The summed E-state index contributed by atoms with van der Waals surface area (Å²) in [7, 11) is 1.40. The maximum atomic E-state index is 12.8. The third-order valence-electron chi connectivity index (χ3n) is 4.25. The third kappa shape index (κ3) is 2.51. The minimum Gasteiger partial charge on any atom is -0.379 e. The molecule has 0 aromatic carbocycles. The van der Waals surface area contributed by atoms with Gasteiger partial charge in [-0.3, -0.25) is 4.79 Å². The summed E-state index contributed by atoms with van der Waals surface area (Å²) in [4.78, 5) is 13.5. The lowest BCUT2D eigenvalue weighted by atomic mass is 9.90. The van der Waals surface area contributed by atoms with Crippen LogP contribution in [0.3, 0.4) is 0 Å². The van der Waals surface area contributed by atoms with E-state index in [9.17, 15) is 23.1 Å². The number of hydrogen-bond donors (Lipinski definition) is 2. The molecule has 5 nitrogen and oxygen atoms in total. The number of halogens is 3. The second-order valence-corrected chi connectivity index (χ2v) is 5.45. The molecule has 0 bridgehead atoms. The van der Waals surface area contributed by atoms with Crippen LogP contribution >= 0.6 is 0 Å². The number of β-amino-alcohol motifs (C(OH)–C–C–N with tert-alkyl or cyclic N) is 1. The number of alkyl halides is 3. The molecule has 2 aliphatic rings. The number of ether oxygens (including phenoxy) is 1. The Morgan fingerprint density at radius 2 is 1.90 bits per heavy atom. The summed E-state index contributed by atoms with van der Waals surface area (Å²) in [6, 6.07) is 0. The zero-order chi connectivity index (χ0) is 15.0. The largest absolute Gasteiger partial charge is 0.419 e. The van der Waals surface area contributed by atoms with Gasteiger partial charge < -0.3 is 20.1 Å². The Bertz CT molecular complexity index is 383. The summed E-state index contributed by atoms with van der Waals surface area (Å²) in [5.41, 5.74) is -3.87. The highest BCUT2D eigenvalue weighted by Gasteiger charge is 2.59. The number of hydrogen-bond acceptors (Lipinski definition) is 4. The number of aliphatic hydroxyl groups is 1. The molecule has 0 aromatic heterocycles. The molecule has 0 saturated carbocycles. The highest BCUT2D eigenvalue weighted by molar-refractivity contribution is 5.86. The molecule has 0 aliphatic carbocycles. The Morgan fingerprint density at radius 3 is 2.35 bits per heavy atom. The monoisotopic (exact) mass is 296 g/mol. The van der Waals surface area contributed by atoms with Gasteiger partial charge in [-0.25, -0.2) is 0 Å². The summed E-state index contributed by atoms with van der Waals surface area (Å²) >= 11 is 0. The molecule has 2 fully saturated rings. The van der Waals surface area contributed by atoms with Gasteiger partial charge >= 0.3 is 6.18 Å². The SMILES string of the molecule is COC1(C(=O)N2CCC(O)(C(F)(F)F)C2)CCNCC1. The fraction of sp³-hybridized carbons (Fsp3) is 0.917. The van der Waals surface area contributed by atoms with E-state index in [1.807, 2.05) is 0 Å². The molecule has 2 saturated heterocycles. The van der Waals surface area contributed by atoms with Crippen LogP contribution in [0.15, 0.2) is 0 Å². The fourth-order valence-electron chi connectivity index (χ4n) is 2.82. The first-order valence-electron chi connectivity index (χ1n) is 6.58. The van der Waals surface area contributed by atoms with E-state index in [1.165, 1.54) is 7.11 Å². The van der Waals surface area contributed by atoms with Crippen molar-refractivity contribution in [2.45, 2.75) is 36.6 Å². The van der Waals surface area contributed by atoms with Gasteiger partial charge in [0.05, 0.1) is 6.54 Å². The number of rotatable bonds is 2. The molecule has 0 radical (unpaired) electrons. The lowest BCUT2D eigenvalue weighted by molar-refractivity contribution is -0.254. The second kappa shape index (κ2) is 5.16. The molecule has 2 heterocycles. The molecule has 2 aliphatic heterocycles. The van der Waals surface area contributed by atoms with Gasteiger partial charge in [-0.1, -0.05) is 0 Å². The molecule has 0 spiro atoms. The number of nitrogens with zero attached hydrogens (tertiary/aromatic N) is 1. The molecule has 1 atom stereocenters. The number of piperidine rings is 1. The van der Waals surface area contributed by atoms with Gasteiger partial charge in [0.2, 0.25) is 0 Å². The van der Waals surface area contributed by atoms with Crippen molar-refractivity contribution in [3.05, 3.63) is 0 Å². The first-order valence-corrected chi connectivity index (χ1v) is 6.58. The van der Waals surface area contributed by atoms with Crippen molar-refractivity contribution in [2.75, 3.05) is 33.3 Å². The van der Waals surface area contributed by atoms with Crippen LogP contribution in [0.25, 0.3) is 0 Å². The zero-order valence-electron chi connectivity index (χ0n) is 11.3. The molecule has 2 N–H and O–H groups in total.